The Morgan fingerprint density at radius 3 is 2.72 bits per heavy atom. The average molecular weight is 252 g/mol. The fourth-order valence-corrected chi connectivity index (χ4v) is 3.26. The molecular formula is C13H20N2O3. The van der Waals surface area contributed by atoms with Gasteiger partial charge in [0.15, 0.2) is 0 Å². The van der Waals surface area contributed by atoms with Crippen molar-refractivity contribution in [3.05, 3.63) is 0 Å². The molecule has 18 heavy (non-hydrogen) atoms. The van der Waals surface area contributed by atoms with Gasteiger partial charge in [0.2, 0.25) is 11.8 Å². The highest BCUT2D eigenvalue weighted by atomic mass is 16.5. The molecule has 5 nitrogen and oxygen atoms in total. The van der Waals surface area contributed by atoms with Crippen molar-refractivity contribution in [3.63, 3.8) is 0 Å². The van der Waals surface area contributed by atoms with E-state index in [1.54, 1.807) is 7.05 Å². The Morgan fingerprint density at radius 1 is 1.39 bits per heavy atom. The molecule has 3 fully saturated rings. The van der Waals surface area contributed by atoms with Gasteiger partial charge in [-0.2, -0.15) is 0 Å². The Hall–Kier alpha value is -0.940. The van der Waals surface area contributed by atoms with Crippen molar-refractivity contribution in [2.75, 3.05) is 13.7 Å². The summed E-state index contributed by atoms with van der Waals surface area (Å²) in [6, 6.07) is -0.00461. The number of nitrogens with one attached hydrogen (secondary N) is 1. The van der Waals surface area contributed by atoms with E-state index in [2.05, 4.69) is 5.32 Å². The Kier molecular flexibility index (Phi) is 2.90. The van der Waals surface area contributed by atoms with E-state index in [-0.39, 0.29) is 23.5 Å². The lowest BCUT2D eigenvalue weighted by molar-refractivity contribution is -0.141. The van der Waals surface area contributed by atoms with Crippen LogP contribution in [0.15, 0.2) is 0 Å². The summed E-state index contributed by atoms with van der Waals surface area (Å²) in [4.78, 5) is 24.5. The smallest absolute Gasteiger partial charge is 0.246 e. The monoisotopic (exact) mass is 252 g/mol. The number of likely N-dealkylation sites (N-methyl/N-ethyl adjacent to an activating group) is 1. The summed E-state index contributed by atoms with van der Waals surface area (Å²) in [5, 5.41) is 3.36. The summed E-state index contributed by atoms with van der Waals surface area (Å²) >= 11 is 0. The highest BCUT2D eigenvalue weighted by Gasteiger charge is 2.44. The van der Waals surface area contributed by atoms with Crippen molar-refractivity contribution in [3.8, 4) is 0 Å². The highest BCUT2D eigenvalue weighted by Crippen LogP contribution is 2.42. The molecule has 0 radical (unpaired) electrons. The van der Waals surface area contributed by atoms with Gasteiger partial charge in [-0.3, -0.25) is 14.5 Å². The number of rotatable bonds is 2. The van der Waals surface area contributed by atoms with E-state index in [0.29, 0.717) is 12.5 Å². The van der Waals surface area contributed by atoms with Crippen LogP contribution in [-0.2, 0) is 14.3 Å². The van der Waals surface area contributed by atoms with E-state index >= 15 is 0 Å². The van der Waals surface area contributed by atoms with Crippen LogP contribution in [0.5, 0.6) is 0 Å². The van der Waals surface area contributed by atoms with Crippen LogP contribution in [0.1, 0.15) is 38.5 Å². The van der Waals surface area contributed by atoms with Crippen molar-refractivity contribution in [1.29, 1.82) is 0 Å². The maximum absolute atomic E-state index is 11.8. The summed E-state index contributed by atoms with van der Waals surface area (Å²) in [7, 11) is 1.56. The lowest BCUT2D eigenvalue weighted by Crippen LogP contribution is -2.53. The van der Waals surface area contributed by atoms with Crippen molar-refractivity contribution >= 4 is 11.8 Å². The van der Waals surface area contributed by atoms with Gasteiger partial charge in [0.25, 0.3) is 0 Å². The van der Waals surface area contributed by atoms with Gasteiger partial charge >= 0.3 is 0 Å². The molecule has 1 spiro atoms. The van der Waals surface area contributed by atoms with E-state index in [0.717, 1.165) is 32.3 Å². The van der Waals surface area contributed by atoms with E-state index in [9.17, 15) is 9.59 Å². The van der Waals surface area contributed by atoms with Gasteiger partial charge in [-0.15, -0.1) is 0 Å². The zero-order valence-electron chi connectivity index (χ0n) is 10.8. The molecule has 1 N–H and O–H groups in total. The molecule has 2 saturated heterocycles. The fraction of sp³-hybridized carbons (Fsp3) is 0.846. The van der Waals surface area contributed by atoms with Gasteiger partial charge in [0, 0.05) is 19.7 Å². The molecule has 0 bridgehead atoms. The van der Waals surface area contributed by atoms with Gasteiger partial charge < -0.3 is 10.1 Å². The van der Waals surface area contributed by atoms with Crippen LogP contribution >= 0.6 is 0 Å². The summed E-state index contributed by atoms with van der Waals surface area (Å²) in [5.74, 6) is -0.169. The summed E-state index contributed by atoms with van der Waals surface area (Å²) < 4.78 is 5.86. The molecular weight excluding hydrogens is 232 g/mol. The lowest BCUT2D eigenvalue weighted by Gasteiger charge is -2.47. The third-order valence-corrected chi connectivity index (χ3v) is 4.58. The van der Waals surface area contributed by atoms with Crippen LogP contribution < -0.4 is 5.32 Å². The van der Waals surface area contributed by atoms with E-state index < -0.39 is 0 Å². The van der Waals surface area contributed by atoms with Crippen LogP contribution in [0.2, 0.25) is 0 Å². The van der Waals surface area contributed by atoms with E-state index in [4.69, 9.17) is 4.74 Å². The van der Waals surface area contributed by atoms with Gasteiger partial charge in [0.05, 0.1) is 18.1 Å². The second-order valence-electron chi connectivity index (χ2n) is 5.79. The minimum absolute atomic E-state index is 0.0769. The van der Waals surface area contributed by atoms with Crippen molar-refractivity contribution < 1.29 is 14.3 Å². The quantitative estimate of drug-likeness (QED) is 0.724. The summed E-state index contributed by atoms with van der Waals surface area (Å²) in [6.45, 7) is 0.766. The minimum atomic E-state index is -0.317. The zero-order chi connectivity index (χ0) is 12.8. The van der Waals surface area contributed by atoms with Crippen LogP contribution in [-0.4, -0.2) is 48.1 Å². The van der Waals surface area contributed by atoms with Gasteiger partial charge in [-0.05, 0) is 32.1 Å². The second kappa shape index (κ2) is 4.31. The van der Waals surface area contributed by atoms with Crippen molar-refractivity contribution in [2.24, 2.45) is 0 Å². The molecule has 0 aromatic rings. The number of amides is 2. The lowest BCUT2D eigenvalue weighted by atomic mass is 9.74. The Bertz CT molecular complexity index is 378. The van der Waals surface area contributed by atoms with Crippen molar-refractivity contribution in [2.45, 2.75) is 56.2 Å². The third kappa shape index (κ3) is 1.95. The molecule has 5 heteroatoms. The standard InChI is InChI=1S/C13H20N2O3/c1-15-11(16)7-10(12(15)17)14-9-3-6-18-13(8-9)4-2-5-13/h9-10,14H,2-8H2,1H3. The van der Waals surface area contributed by atoms with Crippen LogP contribution in [0.3, 0.4) is 0 Å². The predicted octanol–water partition coefficient (Wildman–Crippen LogP) is 0.435. The number of carbonyl (C=O) groups is 2. The third-order valence-electron chi connectivity index (χ3n) is 4.58. The molecule has 2 heterocycles. The Labute approximate surface area is 107 Å². The number of likely N-dealkylation sites (tertiary alicyclic amines) is 1. The molecule has 100 valence electrons. The second-order valence-corrected chi connectivity index (χ2v) is 5.79. The maximum Gasteiger partial charge on any atom is 0.246 e. The maximum atomic E-state index is 11.8. The fourth-order valence-electron chi connectivity index (χ4n) is 3.26. The van der Waals surface area contributed by atoms with Gasteiger partial charge in [-0.25, -0.2) is 0 Å². The first-order valence-electron chi connectivity index (χ1n) is 6.80. The number of hydrogen-bond donors (Lipinski definition) is 1. The SMILES string of the molecule is CN1C(=O)CC(NC2CCOC3(CCC3)C2)C1=O. The molecule has 2 unspecified atom stereocenters. The van der Waals surface area contributed by atoms with E-state index in [1.165, 1.54) is 11.3 Å². The molecule has 2 atom stereocenters. The zero-order valence-corrected chi connectivity index (χ0v) is 10.8. The number of carbonyl (C=O) groups excluding carboxylic acids is 2. The van der Waals surface area contributed by atoms with Crippen LogP contribution in [0.4, 0.5) is 0 Å². The molecule has 0 aromatic heterocycles. The van der Waals surface area contributed by atoms with Crippen LogP contribution in [0, 0.1) is 0 Å². The van der Waals surface area contributed by atoms with Gasteiger partial charge in [0.1, 0.15) is 0 Å². The molecule has 3 rings (SSSR count). The summed E-state index contributed by atoms with van der Waals surface area (Å²) in [5.41, 5.74) is 0.0769. The number of imide groups is 1. The summed E-state index contributed by atoms with van der Waals surface area (Å²) in [6.07, 6.45) is 5.75. The van der Waals surface area contributed by atoms with Crippen LogP contribution in [0.25, 0.3) is 0 Å². The minimum Gasteiger partial charge on any atom is -0.375 e. The topological polar surface area (TPSA) is 58.6 Å². The number of ether oxygens (including phenoxy) is 1. The largest absolute Gasteiger partial charge is 0.375 e. The van der Waals surface area contributed by atoms with Crippen molar-refractivity contribution in [1.82, 2.24) is 10.2 Å². The molecule has 1 saturated carbocycles. The number of hydrogen-bond acceptors (Lipinski definition) is 4. The Morgan fingerprint density at radius 2 is 2.17 bits per heavy atom. The molecule has 3 aliphatic rings. The normalized spacial score (nSPS) is 35.1. The Balaban J connectivity index is 1.60. The predicted molar refractivity (Wildman–Crippen MR) is 64.9 cm³/mol. The first-order chi connectivity index (χ1) is 8.60. The highest BCUT2D eigenvalue weighted by molar-refractivity contribution is 6.05. The molecule has 2 amide bonds. The molecule has 0 aromatic carbocycles. The first kappa shape index (κ1) is 12.1. The first-order valence-corrected chi connectivity index (χ1v) is 6.80. The number of nitrogens with zero attached hydrogens (tertiary/aromatic N) is 1. The van der Waals surface area contributed by atoms with Gasteiger partial charge in [-0.1, -0.05) is 0 Å². The molecule has 2 aliphatic heterocycles. The molecule has 1 aliphatic carbocycles. The average Bonchev–Trinajstić information content (AvgIpc) is 2.56. The van der Waals surface area contributed by atoms with E-state index in [1.807, 2.05) is 0 Å².